The van der Waals surface area contributed by atoms with Crippen molar-refractivity contribution in [2.45, 2.75) is 38.0 Å². The van der Waals surface area contributed by atoms with E-state index in [1.165, 1.54) is 24.3 Å². The number of alkyl halides is 3. The molecule has 1 aliphatic carbocycles. The van der Waals surface area contributed by atoms with E-state index in [-0.39, 0.29) is 23.8 Å². The summed E-state index contributed by atoms with van der Waals surface area (Å²) in [5.41, 5.74) is -1.45. The summed E-state index contributed by atoms with van der Waals surface area (Å²) in [6.45, 7) is 3.64. The van der Waals surface area contributed by atoms with Crippen LogP contribution in [0.25, 0.3) is 0 Å². The Morgan fingerprint density at radius 2 is 1.90 bits per heavy atom. The first-order valence-corrected chi connectivity index (χ1v) is 6.81. The van der Waals surface area contributed by atoms with Crippen LogP contribution in [0.15, 0.2) is 30.3 Å². The monoisotopic (exact) mass is 301 g/mol. The smallest absolute Gasteiger partial charge is 0.407 e. The molecule has 0 saturated heterocycles. The molecule has 21 heavy (non-hydrogen) atoms. The van der Waals surface area contributed by atoms with Crippen LogP contribution in [-0.4, -0.2) is 22.8 Å². The number of rotatable bonds is 5. The van der Waals surface area contributed by atoms with E-state index in [0.29, 0.717) is 0 Å². The lowest BCUT2D eigenvalue weighted by molar-refractivity contribution is -0.165. The maximum absolute atomic E-state index is 13.3. The molecular formula is C15H18F3NO2. The van der Waals surface area contributed by atoms with E-state index in [1.54, 1.807) is 6.07 Å². The maximum atomic E-state index is 13.3. The molecule has 0 aromatic heterocycles. The molecule has 1 unspecified atom stereocenters. The summed E-state index contributed by atoms with van der Waals surface area (Å²) in [5, 5.41) is 11.7. The van der Waals surface area contributed by atoms with Gasteiger partial charge < -0.3 is 5.11 Å². The van der Waals surface area contributed by atoms with Crippen molar-refractivity contribution in [3.63, 3.8) is 0 Å². The van der Waals surface area contributed by atoms with Crippen LogP contribution in [0, 0.1) is 11.8 Å². The molecule has 1 fully saturated rings. The number of nitrogens with one attached hydrogen (secondary N) is 1. The first-order valence-electron chi connectivity index (χ1n) is 6.81. The van der Waals surface area contributed by atoms with Crippen LogP contribution < -0.4 is 5.32 Å². The van der Waals surface area contributed by atoms with Crippen LogP contribution in [-0.2, 0) is 4.79 Å². The van der Waals surface area contributed by atoms with Gasteiger partial charge in [-0.15, -0.1) is 0 Å². The first-order chi connectivity index (χ1) is 9.68. The predicted molar refractivity (Wildman–Crippen MR) is 71.7 cm³/mol. The highest BCUT2D eigenvalue weighted by atomic mass is 19.4. The fraction of sp³-hybridized carbons (Fsp3) is 0.533. The molecule has 0 aliphatic heterocycles. The molecule has 1 aromatic rings. The Labute approximate surface area is 121 Å². The summed E-state index contributed by atoms with van der Waals surface area (Å²) in [6.07, 6.45) is -4.33. The topological polar surface area (TPSA) is 49.3 Å². The van der Waals surface area contributed by atoms with Crippen molar-refractivity contribution >= 4 is 5.97 Å². The van der Waals surface area contributed by atoms with Gasteiger partial charge in [0.15, 0.2) is 0 Å². The van der Waals surface area contributed by atoms with E-state index in [1.807, 2.05) is 13.8 Å². The van der Waals surface area contributed by atoms with E-state index >= 15 is 0 Å². The standard InChI is InChI=1S/C15H18F3NO2/c1-9(2)11-8-14(11,13(20)21)19-12(15(16,17)18)10-6-4-3-5-7-10/h3-7,9,11-12,19H,8H2,1-2H3,(H,20,21)/t11-,12-,14?/m0/s1. The number of carbonyl (C=O) groups is 1. The number of carboxylic acid groups (broad SMARTS) is 1. The number of halogens is 3. The van der Waals surface area contributed by atoms with Crippen molar-refractivity contribution in [2.24, 2.45) is 11.8 Å². The van der Waals surface area contributed by atoms with Gasteiger partial charge in [0.1, 0.15) is 11.6 Å². The van der Waals surface area contributed by atoms with Crippen LogP contribution in [0.5, 0.6) is 0 Å². The van der Waals surface area contributed by atoms with Crippen molar-refractivity contribution in [2.75, 3.05) is 0 Å². The summed E-state index contributed by atoms with van der Waals surface area (Å²) in [7, 11) is 0. The average Bonchev–Trinajstić information content (AvgIpc) is 3.12. The van der Waals surface area contributed by atoms with Crippen LogP contribution in [0.4, 0.5) is 13.2 Å². The molecule has 0 radical (unpaired) electrons. The van der Waals surface area contributed by atoms with Gasteiger partial charge in [-0.25, -0.2) is 0 Å². The Balaban J connectivity index is 2.30. The SMILES string of the molecule is CC(C)[C@@H]1CC1(N[C@@H](c1ccccc1)C(F)(F)F)C(=O)O. The Morgan fingerprint density at radius 3 is 2.29 bits per heavy atom. The van der Waals surface area contributed by atoms with Gasteiger partial charge in [-0.3, -0.25) is 10.1 Å². The average molecular weight is 301 g/mol. The van der Waals surface area contributed by atoms with Crippen molar-refractivity contribution in [3.05, 3.63) is 35.9 Å². The maximum Gasteiger partial charge on any atom is 0.407 e. The highest BCUT2D eigenvalue weighted by Crippen LogP contribution is 2.51. The number of benzene rings is 1. The minimum Gasteiger partial charge on any atom is -0.480 e. The van der Waals surface area contributed by atoms with Crippen LogP contribution in [0.3, 0.4) is 0 Å². The highest BCUT2D eigenvalue weighted by molar-refractivity contribution is 5.83. The van der Waals surface area contributed by atoms with Gasteiger partial charge in [-0.1, -0.05) is 44.2 Å². The van der Waals surface area contributed by atoms with Crippen LogP contribution >= 0.6 is 0 Å². The normalized spacial score (nSPS) is 26.7. The van der Waals surface area contributed by atoms with E-state index < -0.39 is 23.7 Å². The Bertz CT molecular complexity index is 515. The minimum absolute atomic E-state index is 0.0123. The fourth-order valence-electron chi connectivity index (χ4n) is 2.82. The van der Waals surface area contributed by atoms with E-state index in [0.717, 1.165) is 0 Å². The van der Waals surface area contributed by atoms with Crippen molar-refractivity contribution in [1.29, 1.82) is 0 Å². The number of carboxylic acids is 1. The predicted octanol–water partition coefficient (Wildman–Crippen LogP) is 3.38. The molecule has 3 nitrogen and oxygen atoms in total. The van der Waals surface area contributed by atoms with Gasteiger partial charge in [-0.05, 0) is 23.8 Å². The van der Waals surface area contributed by atoms with Gasteiger partial charge in [0.25, 0.3) is 0 Å². The van der Waals surface area contributed by atoms with Gasteiger partial charge in [0.05, 0.1) is 0 Å². The van der Waals surface area contributed by atoms with E-state index in [2.05, 4.69) is 5.32 Å². The van der Waals surface area contributed by atoms with E-state index in [9.17, 15) is 23.1 Å². The molecule has 116 valence electrons. The van der Waals surface area contributed by atoms with Crippen molar-refractivity contribution in [3.8, 4) is 0 Å². The largest absolute Gasteiger partial charge is 0.480 e. The van der Waals surface area contributed by atoms with Gasteiger partial charge in [0, 0.05) is 0 Å². The molecular weight excluding hydrogens is 283 g/mol. The third-order valence-corrected chi connectivity index (χ3v) is 4.06. The molecule has 0 heterocycles. The molecule has 1 aliphatic rings. The molecule has 0 amide bonds. The molecule has 1 aromatic carbocycles. The zero-order valence-corrected chi connectivity index (χ0v) is 11.8. The summed E-state index contributed by atoms with van der Waals surface area (Å²) in [5.74, 6) is -1.49. The number of hydrogen-bond acceptors (Lipinski definition) is 2. The zero-order chi connectivity index (χ0) is 15.8. The lowest BCUT2D eigenvalue weighted by Crippen LogP contribution is -2.48. The Kier molecular flexibility index (Phi) is 4.02. The quantitative estimate of drug-likeness (QED) is 0.876. The highest BCUT2D eigenvalue weighted by Gasteiger charge is 2.64. The third-order valence-electron chi connectivity index (χ3n) is 4.06. The molecule has 3 atom stereocenters. The lowest BCUT2D eigenvalue weighted by Gasteiger charge is -2.27. The minimum atomic E-state index is -4.55. The Morgan fingerprint density at radius 1 is 1.33 bits per heavy atom. The van der Waals surface area contributed by atoms with E-state index in [4.69, 9.17) is 0 Å². The summed E-state index contributed by atoms with van der Waals surface area (Å²) in [6, 6.07) is 5.38. The number of aliphatic carboxylic acids is 1. The summed E-state index contributed by atoms with van der Waals surface area (Å²) in [4.78, 5) is 11.5. The molecule has 2 N–H and O–H groups in total. The molecule has 0 spiro atoms. The third kappa shape index (κ3) is 3.05. The second-order valence-corrected chi connectivity index (χ2v) is 5.86. The van der Waals surface area contributed by atoms with Crippen LogP contribution in [0.1, 0.15) is 31.9 Å². The Hall–Kier alpha value is -1.56. The molecule has 0 bridgehead atoms. The molecule has 6 heteroatoms. The summed E-state index contributed by atoms with van der Waals surface area (Å²) >= 11 is 0. The fourth-order valence-corrected chi connectivity index (χ4v) is 2.82. The van der Waals surface area contributed by atoms with Gasteiger partial charge in [0.2, 0.25) is 0 Å². The second-order valence-electron chi connectivity index (χ2n) is 5.86. The lowest BCUT2D eigenvalue weighted by atomic mass is 10.0. The van der Waals surface area contributed by atoms with Gasteiger partial charge >= 0.3 is 12.1 Å². The van der Waals surface area contributed by atoms with Crippen LogP contribution in [0.2, 0.25) is 0 Å². The van der Waals surface area contributed by atoms with Gasteiger partial charge in [-0.2, -0.15) is 13.2 Å². The van der Waals surface area contributed by atoms with Crippen molar-refractivity contribution in [1.82, 2.24) is 5.32 Å². The molecule has 1 saturated carbocycles. The van der Waals surface area contributed by atoms with Crippen molar-refractivity contribution < 1.29 is 23.1 Å². The second kappa shape index (κ2) is 5.33. The zero-order valence-electron chi connectivity index (χ0n) is 11.8. The summed E-state index contributed by atoms with van der Waals surface area (Å²) < 4.78 is 39.9. The first kappa shape index (κ1) is 15.8. The molecule has 2 rings (SSSR count). The number of hydrogen-bond donors (Lipinski definition) is 2.